The average molecular weight is 321 g/mol. The van der Waals surface area contributed by atoms with Gasteiger partial charge in [0.25, 0.3) is 0 Å². The molecule has 0 unspecified atom stereocenters. The van der Waals surface area contributed by atoms with E-state index in [2.05, 4.69) is 30.0 Å². The second kappa shape index (κ2) is 7.45. The number of carbonyl (C=O) groups is 1. The third kappa shape index (κ3) is 3.92. The normalized spacial score (nSPS) is 18.7. The number of hydrogen-bond acceptors (Lipinski definition) is 2. The van der Waals surface area contributed by atoms with E-state index in [1.807, 2.05) is 30.3 Å². The first kappa shape index (κ1) is 16.5. The summed E-state index contributed by atoms with van der Waals surface area (Å²) in [4.78, 5) is 13.8. The first-order valence-electron chi connectivity index (χ1n) is 8.40. The molecule has 0 saturated carbocycles. The molecule has 0 bridgehead atoms. The summed E-state index contributed by atoms with van der Waals surface area (Å²) in [5.41, 5.74) is 3.97. The molecule has 1 aliphatic rings. The molecular weight excluding hydrogens is 298 g/mol. The molecule has 1 fully saturated rings. The molecule has 1 N–H and O–H groups in total. The first-order chi connectivity index (χ1) is 11.6. The van der Waals surface area contributed by atoms with E-state index >= 15 is 0 Å². The van der Waals surface area contributed by atoms with Crippen LogP contribution in [0, 0.1) is 0 Å². The highest BCUT2D eigenvalue weighted by atomic mass is 16.4. The van der Waals surface area contributed by atoms with Crippen LogP contribution in [0.4, 0.5) is 0 Å². The van der Waals surface area contributed by atoms with Crippen molar-refractivity contribution in [2.45, 2.75) is 19.3 Å². The summed E-state index contributed by atoms with van der Waals surface area (Å²) < 4.78 is 0. The fraction of sp³-hybridized carbons (Fsp3) is 0.286. The zero-order chi connectivity index (χ0) is 16.9. The van der Waals surface area contributed by atoms with Gasteiger partial charge in [0.05, 0.1) is 5.56 Å². The summed E-state index contributed by atoms with van der Waals surface area (Å²) >= 11 is 0. The minimum atomic E-state index is -0.829. The smallest absolute Gasteiger partial charge is 0.335 e. The molecule has 0 radical (unpaired) electrons. The zero-order valence-corrected chi connectivity index (χ0v) is 14.0. The van der Waals surface area contributed by atoms with E-state index in [9.17, 15) is 9.90 Å². The Hall–Kier alpha value is -2.39. The molecule has 2 aromatic carbocycles. The fourth-order valence-electron chi connectivity index (χ4n) is 3.51. The van der Waals surface area contributed by atoms with Gasteiger partial charge in [-0.1, -0.05) is 60.2 Å². The molecular formula is C21H23NO2. The van der Waals surface area contributed by atoms with Crippen molar-refractivity contribution >= 4 is 12.0 Å². The first-order valence-corrected chi connectivity index (χ1v) is 8.40. The van der Waals surface area contributed by atoms with Gasteiger partial charge < -0.3 is 5.11 Å². The van der Waals surface area contributed by atoms with Gasteiger partial charge in [0.15, 0.2) is 0 Å². The van der Waals surface area contributed by atoms with Gasteiger partial charge in [-0.3, -0.25) is 4.90 Å². The Bertz CT molecular complexity index is 737. The highest BCUT2D eigenvalue weighted by Crippen LogP contribution is 2.30. The van der Waals surface area contributed by atoms with Crippen molar-refractivity contribution in [3.05, 3.63) is 76.9 Å². The number of rotatable bonds is 5. The molecule has 3 nitrogen and oxygen atoms in total. The minimum absolute atomic E-state index is 0.307. The molecule has 0 amide bonds. The standard InChI is InChI=1S/C21H23NO2/c1-16(13-17-7-3-2-4-8-17)14-22-12-11-18(15-22)19-9-5-6-10-20(19)21(23)24/h2-10,13,18H,11-12,14-15H2,1H3,(H,23,24)/b16-13+/t18-/m1/s1. The van der Waals surface area contributed by atoms with Gasteiger partial charge in [-0.25, -0.2) is 4.79 Å². The van der Waals surface area contributed by atoms with Crippen LogP contribution in [0.2, 0.25) is 0 Å². The lowest BCUT2D eigenvalue weighted by Gasteiger charge is -2.17. The van der Waals surface area contributed by atoms with Crippen LogP contribution in [0.5, 0.6) is 0 Å². The number of nitrogens with zero attached hydrogens (tertiary/aromatic N) is 1. The summed E-state index contributed by atoms with van der Waals surface area (Å²) in [5, 5.41) is 9.38. The van der Waals surface area contributed by atoms with Gasteiger partial charge in [-0.2, -0.15) is 0 Å². The average Bonchev–Trinajstić information content (AvgIpc) is 3.04. The van der Waals surface area contributed by atoms with Crippen LogP contribution in [-0.2, 0) is 0 Å². The summed E-state index contributed by atoms with van der Waals surface area (Å²) in [7, 11) is 0. The van der Waals surface area contributed by atoms with Crippen LogP contribution in [0.1, 0.15) is 40.7 Å². The quantitative estimate of drug-likeness (QED) is 0.893. The molecule has 1 atom stereocenters. The second-order valence-electron chi connectivity index (χ2n) is 6.51. The lowest BCUT2D eigenvalue weighted by atomic mass is 9.93. The molecule has 1 heterocycles. The van der Waals surface area contributed by atoms with Crippen LogP contribution in [-0.4, -0.2) is 35.6 Å². The highest BCUT2D eigenvalue weighted by molar-refractivity contribution is 5.89. The Kier molecular flexibility index (Phi) is 5.11. The maximum atomic E-state index is 11.4. The number of carboxylic acids is 1. The third-order valence-electron chi connectivity index (χ3n) is 4.59. The number of likely N-dealkylation sites (tertiary alicyclic amines) is 1. The van der Waals surface area contributed by atoms with Crippen molar-refractivity contribution in [1.29, 1.82) is 0 Å². The van der Waals surface area contributed by atoms with Gasteiger partial charge in [0.2, 0.25) is 0 Å². The number of benzene rings is 2. The van der Waals surface area contributed by atoms with E-state index in [-0.39, 0.29) is 0 Å². The lowest BCUT2D eigenvalue weighted by molar-refractivity contribution is 0.0695. The molecule has 0 aromatic heterocycles. The lowest BCUT2D eigenvalue weighted by Crippen LogP contribution is -2.22. The van der Waals surface area contributed by atoms with Gasteiger partial charge in [-0.15, -0.1) is 0 Å². The van der Waals surface area contributed by atoms with Crippen LogP contribution >= 0.6 is 0 Å². The molecule has 2 aromatic rings. The van der Waals surface area contributed by atoms with E-state index in [4.69, 9.17) is 0 Å². The minimum Gasteiger partial charge on any atom is -0.478 e. The monoisotopic (exact) mass is 321 g/mol. The van der Waals surface area contributed by atoms with Crippen molar-refractivity contribution in [2.24, 2.45) is 0 Å². The van der Waals surface area contributed by atoms with E-state index < -0.39 is 5.97 Å². The number of hydrogen-bond donors (Lipinski definition) is 1. The molecule has 124 valence electrons. The maximum absolute atomic E-state index is 11.4. The van der Waals surface area contributed by atoms with Crippen LogP contribution in [0.3, 0.4) is 0 Å². The van der Waals surface area contributed by atoms with Crippen molar-refractivity contribution in [3.8, 4) is 0 Å². The Morgan fingerprint density at radius 2 is 1.88 bits per heavy atom. The van der Waals surface area contributed by atoms with E-state index in [0.29, 0.717) is 11.5 Å². The van der Waals surface area contributed by atoms with Crippen LogP contribution in [0.25, 0.3) is 6.08 Å². The van der Waals surface area contributed by atoms with Crippen LogP contribution in [0.15, 0.2) is 60.2 Å². The fourth-order valence-corrected chi connectivity index (χ4v) is 3.51. The molecule has 0 aliphatic carbocycles. The molecule has 3 rings (SSSR count). The Balaban J connectivity index is 1.66. The van der Waals surface area contributed by atoms with E-state index in [0.717, 1.165) is 31.6 Å². The number of carboxylic acid groups (broad SMARTS) is 1. The van der Waals surface area contributed by atoms with Gasteiger partial charge in [0, 0.05) is 13.1 Å². The van der Waals surface area contributed by atoms with Crippen LogP contribution < -0.4 is 0 Å². The summed E-state index contributed by atoms with van der Waals surface area (Å²) in [6.45, 7) is 5.02. The third-order valence-corrected chi connectivity index (χ3v) is 4.59. The zero-order valence-electron chi connectivity index (χ0n) is 14.0. The Labute approximate surface area is 143 Å². The molecule has 0 spiro atoms. The number of aromatic carboxylic acids is 1. The Morgan fingerprint density at radius 3 is 2.62 bits per heavy atom. The predicted octanol–water partition coefficient (Wildman–Crippen LogP) is 4.28. The van der Waals surface area contributed by atoms with Crippen molar-refractivity contribution in [3.63, 3.8) is 0 Å². The summed E-state index contributed by atoms with van der Waals surface area (Å²) in [5.74, 6) is -0.522. The van der Waals surface area contributed by atoms with E-state index in [1.165, 1.54) is 11.1 Å². The molecule has 24 heavy (non-hydrogen) atoms. The Morgan fingerprint density at radius 1 is 1.17 bits per heavy atom. The van der Waals surface area contributed by atoms with Gasteiger partial charge >= 0.3 is 5.97 Å². The molecule has 1 aliphatic heterocycles. The SMILES string of the molecule is C/C(=C\c1ccccc1)CN1CC[C@@H](c2ccccc2C(=O)O)C1. The largest absolute Gasteiger partial charge is 0.478 e. The topological polar surface area (TPSA) is 40.5 Å². The molecule has 3 heteroatoms. The maximum Gasteiger partial charge on any atom is 0.335 e. The van der Waals surface area contributed by atoms with Crippen molar-refractivity contribution < 1.29 is 9.90 Å². The highest BCUT2D eigenvalue weighted by Gasteiger charge is 2.26. The molecule has 1 saturated heterocycles. The van der Waals surface area contributed by atoms with E-state index in [1.54, 1.807) is 12.1 Å². The van der Waals surface area contributed by atoms with Crippen molar-refractivity contribution in [1.82, 2.24) is 4.90 Å². The summed E-state index contributed by atoms with van der Waals surface area (Å²) in [6.07, 6.45) is 3.24. The summed E-state index contributed by atoms with van der Waals surface area (Å²) in [6, 6.07) is 17.8. The second-order valence-corrected chi connectivity index (χ2v) is 6.51. The van der Waals surface area contributed by atoms with Gasteiger partial charge in [0.1, 0.15) is 0 Å². The predicted molar refractivity (Wildman–Crippen MR) is 97.3 cm³/mol. The van der Waals surface area contributed by atoms with Crippen molar-refractivity contribution in [2.75, 3.05) is 19.6 Å². The van der Waals surface area contributed by atoms with Gasteiger partial charge in [-0.05, 0) is 43.0 Å².